The van der Waals surface area contributed by atoms with Crippen LogP contribution in [-0.2, 0) is 5.60 Å². The lowest BCUT2D eigenvalue weighted by atomic mass is 9.91. The minimum Gasteiger partial charge on any atom is -0.476 e. The van der Waals surface area contributed by atoms with E-state index in [1.54, 1.807) is 12.1 Å². The van der Waals surface area contributed by atoms with Crippen LogP contribution in [0, 0.1) is 5.82 Å². The highest BCUT2D eigenvalue weighted by molar-refractivity contribution is 6.30. The first-order chi connectivity index (χ1) is 12.1. The second-order valence-electron chi connectivity index (χ2n) is 6.91. The van der Waals surface area contributed by atoms with Crippen molar-refractivity contribution in [2.75, 3.05) is 18.0 Å². The molecule has 0 aliphatic carbocycles. The Labute approximate surface area is 152 Å². The van der Waals surface area contributed by atoms with Gasteiger partial charge in [-0.1, -0.05) is 35.9 Å². The normalized spacial score (nSPS) is 22.4. The quantitative estimate of drug-likeness (QED) is 0.674. The van der Waals surface area contributed by atoms with E-state index in [1.165, 1.54) is 25.3 Å². The van der Waals surface area contributed by atoms with Crippen molar-refractivity contribution in [1.29, 1.82) is 0 Å². The molecule has 1 fully saturated rings. The van der Waals surface area contributed by atoms with Gasteiger partial charge in [-0.25, -0.2) is 4.39 Å². The topological polar surface area (TPSA) is 12.5 Å². The summed E-state index contributed by atoms with van der Waals surface area (Å²) in [7, 11) is 0. The molecule has 0 aromatic heterocycles. The Balaban J connectivity index is 1.75. The van der Waals surface area contributed by atoms with E-state index in [0.717, 1.165) is 30.1 Å². The molecule has 0 saturated carbocycles. The van der Waals surface area contributed by atoms with Gasteiger partial charge >= 0.3 is 0 Å². The summed E-state index contributed by atoms with van der Waals surface area (Å²) in [5, 5.41) is 0.388. The zero-order valence-electron chi connectivity index (χ0n) is 14.3. The van der Waals surface area contributed by atoms with Gasteiger partial charge in [-0.2, -0.15) is 0 Å². The lowest BCUT2D eigenvalue weighted by molar-refractivity contribution is 0.134. The molecule has 130 valence electrons. The molecule has 1 atom stereocenters. The van der Waals surface area contributed by atoms with Crippen molar-refractivity contribution >= 4 is 23.4 Å². The average Bonchev–Trinajstić information content (AvgIpc) is 2.61. The van der Waals surface area contributed by atoms with Gasteiger partial charge < -0.3 is 9.64 Å². The third-order valence-electron chi connectivity index (χ3n) is 5.08. The second kappa shape index (κ2) is 6.38. The molecule has 2 heterocycles. The van der Waals surface area contributed by atoms with Crippen LogP contribution >= 0.6 is 11.6 Å². The van der Waals surface area contributed by atoms with E-state index in [2.05, 4.69) is 17.0 Å². The fourth-order valence-corrected chi connectivity index (χ4v) is 3.86. The number of ether oxygens (including phenoxy) is 1. The first kappa shape index (κ1) is 16.5. The van der Waals surface area contributed by atoms with Crippen molar-refractivity contribution in [1.82, 2.24) is 0 Å². The molecule has 2 aliphatic rings. The van der Waals surface area contributed by atoms with Crippen LogP contribution in [0.25, 0.3) is 6.08 Å². The molecule has 25 heavy (non-hydrogen) atoms. The van der Waals surface area contributed by atoms with Crippen molar-refractivity contribution < 1.29 is 9.13 Å². The van der Waals surface area contributed by atoms with Gasteiger partial charge in [0, 0.05) is 29.2 Å². The number of benzene rings is 2. The van der Waals surface area contributed by atoms with Gasteiger partial charge in [-0.15, -0.1) is 0 Å². The minimum absolute atomic E-state index is 0.349. The predicted molar refractivity (Wildman–Crippen MR) is 101 cm³/mol. The molecular weight excluding hydrogens is 337 g/mol. The fraction of sp³-hybridized carbons (Fsp3) is 0.333. The van der Waals surface area contributed by atoms with Crippen LogP contribution in [0.2, 0.25) is 5.02 Å². The number of halogens is 2. The van der Waals surface area contributed by atoms with Gasteiger partial charge in [0.2, 0.25) is 0 Å². The number of rotatable bonds is 2. The molecule has 2 aromatic carbocycles. The molecular formula is C21H21ClFNO. The first-order valence-electron chi connectivity index (χ1n) is 8.79. The Morgan fingerprint density at radius 3 is 2.68 bits per heavy atom. The Kier molecular flexibility index (Phi) is 4.20. The van der Waals surface area contributed by atoms with E-state index in [0.29, 0.717) is 10.6 Å². The number of nitrogens with zero attached hydrogens (tertiary/aromatic N) is 1. The number of anilines is 1. The summed E-state index contributed by atoms with van der Waals surface area (Å²) in [5.74, 6) is 0.488. The van der Waals surface area contributed by atoms with Crippen LogP contribution in [-0.4, -0.2) is 13.1 Å². The third kappa shape index (κ3) is 3.02. The van der Waals surface area contributed by atoms with Gasteiger partial charge in [0.05, 0.1) is 5.69 Å². The molecule has 0 spiro atoms. The number of fused-ring (bicyclic) bond motifs is 1. The lowest BCUT2D eigenvalue weighted by Gasteiger charge is -2.37. The van der Waals surface area contributed by atoms with Gasteiger partial charge in [0.1, 0.15) is 5.82 Å². The highest BCUT2D eigenvalue weighted by Gasteiger charge is 2.34. The van der Waals surface area contributed by atoms with E-state index in [-0.39, 0.29) is 5.82 Å². The standard InChI is InChI=1S/C21H21ClFNO/c1-21(17-9-8-16(22)14-18(17)23)11-10-15-6-5-7-19(20(15)25-21)24-12-3-2-4-13-24/h5-11,14H,2-4,12-13H2,1H3. The minimum atomic E-state index is -0.854. The molecule has 1 saturated heterocycles. The molecule has 0 N–H and O–H groups in total. The van der Waals surface area contributed by atoms with Crippen LogP contribution in [0.15, 0.2) is 42.5 Å². The van der Waals surface area contributed by atoms with Gasteiger partial charge in [-0.05, 0) is 50.5 Å². The van der Waals surface area contributed by atoms with Crippen molar-refractivity contribution in [3.05, 3.63) is 64.4 Å². The summed E-state index contributed by atoms with van der Waals surface area (Å²) in [6.45, 7) is 3.97. The molecule has 4 rings (SSSR count). The monoisotopic (exact) mass is 357 g/mol. The summed E-state index contributed by atoms with van der Waals surface area (Å²) in [6.07, 6.45) is 7.62. The van der Waals surface area contributed by atoms with Gasteiger partial charge in [0.15, 0.2) is 11.4 Å². The first-order valence-corrected chi connectivity index (χ1v) is 9.16. The average molecular weight is 358 g/mol. The molecule has 0 amide bonds. The SMILES string of the molecule is CC1(c2ccc(Cl)cc2F)C=Cc2cccc(N3CCCCC3)c2O1. The van der Waals surface area contributed by atoms with Crippen LogP contribution in [0.1, 0.15) is 37.3 Å². The van der Waals surface area contributed by atoms with Crippen LogP contribution in [0.5, 0.6) is 5.75 Å². The highest BCUT2D eigenvalue weighted by atomic mass is 35.5. The van der Waals surface area contributed by atoms with Crippen molar-refractivity contribution in [2.24, 2.45) is 0 Å². The molecule has 2 nitrogen and oxygen atoms in total. The van der Waals surface area contributed by atoms with E-state index in [4.69, 9.17) is 16.3 Å². The zero-order valence-corrected chi connectivity index (χ0v) is 15.0. The largest absolute Gasteiger partial charge is 0.476 e. The predicted octanol–water partition coefficient (Wildman–Crippen LogP) is 5.79. The molecule has 2 aliphatic heterocycles. The Hall–Kier alpha value is -2.00. The summed E-state index contributed by atoms with van der Waals surface area (Å²) in [6, 6.07) is 10.9. The van der Waals surface area contributed by atoms with Crippen LogP contribution in [0.3, 0.4) is 0 Å². The summed E-state index contributed by atoms with van der Waals surface area (Å²) < 4.78 is 20.9. The smallest absolute Gasteiger partial charge is 0.153 e. The van der Waals surface area contributed by atoms with E-state index in [1.807, 2.05) is 25.1 Å². The van der Waals surface area contributed by atoms with E-state index < -0.39 is 5.60 Å². The van der Waals surface area contributed by atoms with Crippen molar-refractivity contribution in [3.63, 3.8) is 0 Å². The number of hydrogen-bond acceptors (Lipinski definition) is 2. The molecule has 0 bridgehead atoms. The Morgan fingerprint density at radius 1 is 1.12 bits per heavy atom. The van der Waals surface area contributed by atoms with Gasteiger partial charge in [-0.3, -0.25) is 0 Å². The van der Waals surface area contributed by atoms with E-state index in [9.17, 15) is 4.39 Å². The molecule has 4 heteroatoms. The summed E-state index contributed by atoms with van der Waals surface area (Å²) in [5.41, 5.74) is 1.78. The zero-order chi connectivity index (χ0) is 17.4. The van der Waals surface area contributed by atoms with Crippen molar-refractivity contribution in [2.45, 2.75) is 31.8 Å². The molecule has 2 aromatic rings. The fourth-order valence-electron chi connectivity index (χ4n) is 3.70. The Morgan fingerprint density at radius 2 is 1.92 bits per heavy atom. The second-order valence-corrected chi connectivity index (χ2v) is 7.35. The summed E-state index contributed by atoms with van der Waals surface area (Å²) in [4.78, 5) is 2.38. The maximum Gasteiger partial charge on any atom is 0.153 e. The van der Waals surface area contributed by atoms with E-state index >= 15 is 0 Å². The Bertz CT molecular complexity index is 829. The molecule has 1 unspecified atom stereocenters. The third-order valence-corrected chi connectivity index (χ3v) is 5.32. The van der Waals surface area contributed by atoms with Crippen LogP contribution in [0.4, 0.5) is 10.1 Å². The maximum absolute atomic E-state index is 14.5. The van der Waals surface area contributed by atoms with Crippen molar-refractivity contribution in [3.8, 4) is 5.75 Å². The number of para-hydroxylation sites is 1. The molecule has 0 radical (unpaired) electrons. The maximum atomic E-state index is 14.5. The summed E-state index contributed by atoms with van der Waals surface area (Å²) >= 11 is 5.90. The lowest BCUT2D eigenvalue weighted by Crippen LogP contribution is -2.34. The highest BCUT2D eigenvalue weighted by Crippen LogP contribution is 2.44. The number of hydrogen-bond donors (Lipinski definition) is 0. The van der Waals surface area contributed by atoms with Crippen LogP contribution < -0.4 is 9.64 Å². The number of piperidine rings is 1. The van der Waals surface area contributed by atoms with Gasteiger partial charge in [0.25, 0.3) is 0 Å².